The Morgan fingerprint density at radius 1 is 1.14 bits per heavy atom. The van der Waals surface area contributed by atoms with E-state index in [1.54, 1.807) is 19.2 Å². The molecule has 0 radical (unpaired) electrons. The molecule has 0 aliphatic heterocycles. The number of nitrogens with zero attached hydrogens (tertiary/aromatic N) is 1. The Labute approximate surface area is 123 Å². The van der Waals surface area contributed by atoms with Crippen LogP contribution >= 0.6 is 0 Å². The largest absolute Gasteiger partial charge is 0.496 e. The van der Waals surface area contributed by atoms with Gasteiger partial charge in [-0.3, -0.25) is 10.1 Å². The first-order chi connectivity index (χ1) is 10.0. The van der Waals surface area contributed by atoms with Crippen LogP contribution in [0.2, 0.25) is 0 Å². The molecule has 0 bridgehead atoms. The maximum atomic E-state index is 10.8. The van der Waals surface area contributed by atoms with E-state index in [2.05, 4.69) is 5.32 Å². The van der Waals surface area contributed by atoms with Crippen LogP contribution < -0.4 is 10.1 Å². The summed E-state index contributed by atoms with van der Waals surface area (Å²) in [5.41, 5.74) is 4.00. The molecule has 5 heteroatoms. The van der Waals surface area contributed by atoms with Crippen LogP contribution in [0.25, 0.3) is 0 Å². The number of aryl methyl sites for hydroxylation is 2. The second-order valence-electron chi connectivity index (χ2n) is 4.91. The topological polar surface area (TPSA) is 64.4 Å². The highest BCUT2D eigenvalue weighted by Gasteiger charge is 2.08. The fourth-order valence-electron chi connectivity index (χ4n) is 2.16. The zero-order chi connectivity index (χ0) is 15.4. The molecular weight excluding hydrogens is 268 g/mol. The number of nitro benzene ring substituents is 1. The van der Waals surface area contributed by atoms with Gasteiger partial charge in [0.25, 0.3) is 5.69 Å². The zero-order valence-electron chi connectivity index (χ0n) is 12.3. The predicted molar refractivity (Wildman–Crippen MR) is 82.9 cm³/mol. The molecule has 5 nitrogen and oxygen atoms in total. The highest BCUT2D eigenvalue weighted by atomic mass is 16.6. The number of nitrogens with one attached hydrogen (secondary N) is 1. The number of hydrogen-bond acceptors (Lipinski definition) is 4. The molecule has 0 aliphatic rings. The van der Waals surface area contributed by atoms with Crippen LogP contribution in [0.5, 0.6) is 5.75 Å². The number of non-ortho nitro benzene ring substituents is 1. The average Bonchev–Trinajstić information content (AvgIpc) is 2.46. The maximum Gasteiger partial charge on any atom is 0.271 e. The molecule has 110 valence electrons. The Bertz CT molecular complexity index is 669. The standard InChI is InChI=1S/C16H18N2O3/c1-11-4-6-14(18(19)20)9-15(11)17-10-13-5-7-16(21-3)12(2)8-13/h4-9,17H,10H2,1-3H3. The van der Waals surface area contributed by atoms with E-state index in [4.69, 9.17) is 4.74 Å². The molecular formula is C16H18N2O3. The molecule has 1 N–H and O–H groups in total. The molecule has 2 rings (SSSR count). The molecule has 0 fully saturated rings. The Kier molecular flexibility index (Phi) is 4.42. The summed E-state index contributed by atoms with van der Waals surface area (Å²) in [5, 5.41) is 14.1. The summed E-state index contributed by atoms with van der Waals surface area (Å²) in [6.07, 6.45) is 0. The quantitative estimate of drug-likeness (QED) is 0.670. The van der Waals surface area contributed by atoms with Crippen LogP contribution in [-0.2, 0) is 6.54 Å². The predicted octanol–water partition coefficient (Wildman–Crippen LogP) is 3.83. The SMILES string of the molecule is COc1ccc(CNc2cc([N+](=O)[O-])ccc2C)cc1C. The number of anilines is 1. The molecule has 21 heavy (non-hydrogen) atoms. The Morgan fingerprint density at radius 3 is 2.52 bits per heavy atom. The van der Waals surface area contributed by atoms with Crippen molar-refractivity contribution in [3.8, 4) is 5.75 Å². The van der Waals surface area contributed by atoms with Crippen molar-refractivity contribution in [3.63, 3.8) is 0 Å². The van der Waals surface area contributed by atoms with Crippen molar-refractivity contribution < 1.29 is 9.66 Å². The average molecular weight is 286 g/mol. The van der Waals surface area contributed by atoms with Gasteiger partial charge in [-0.25, -0.2) is 0 Å². The first kappa shape index (κ1) is 14.8. The lowest BCUT2D eigenvalue weighted by Crippen LogP contribution is -2.02. The summed E-state index contributed by atoms with van der Waals surface area (Å²) in [7, 11) is 1.65. The molecule has 0 atom stereocenters. The van der Waals surface area contributed by atoms with Gasteiger partial charge in [0.15, 0.2) is 0 Å². The number of benzene rings is 2. The molecule has 2 aromatic rings. The normalized spacial score (nSPS) is 10.2. The van der Waals surface area contributed by atoms with Crippen molar-refractivity contribution in [3.05, 3.63) is 63.2 Å². The number of nitro groups is 1. The van der Waals surface area contributed by atoms with Gasteiger partial charge < -0.3 is 10.1 Å². The summed E-state index contributed by atoms with van der Waals surface area (Å²) in [6, 6.07) is 10.8. The van der Waals surface area contributed by atoms with Crippen LogP contribution in [0.3, 0.4) is 0 Å². The van der Waals surface area contributed by atoms with E-state index in [9.17, 15) is 10.1 Å². The summed E-state index contributed by atoms with van der Waals surface area (Å²) < 4.78 is 5.23. The Morgan fingerprint density at radius 2 is 1.90 bits per heavy atom. The lowest BCUT2D eigenvalue weighted by molar-refractivity contribution is -0.384. The molecule has 0 aromatic heterocycles. The van der Waals surface area contributed by atoms with Gasteiger partial charge in [0.2, 0.25) is 0 Å². The van der Waals surface area contributed by atoms with Gasteiger partial charge in [-0.2, -0.15) is 0 Å². The maximum absolute atomic E-state index is 10.8. The molecule has 0 saturated heterocycles. The molecule has 0 amide bonds. The third-order valence-electron chi connectivity index (χ3n) is 3.37. The number of methoxy groups -OCH3 is 1. The van der Waals surface area contributed by atoms with Crippen LogP contribution in [0, 0.1) is 24.0 Å². The van der Waals surface area contributed by atoms with Crippen molar-refractivity contribution in [1.82, 2.24) is 0 Å². The van der Waals surface area contributed by atoms with Crippen LogP contribution in [-0.4, -0.2) is 12.0 Å². The van der Waals surface area contributed by atoms with Gasteiger partial charge in [-0.05, 0) is 36.6 Å². The molecule has 0 heterocycles. The first-order valence-corrected chi connectivity index (χ1v) is 6.63. The Balaban J connectivity index is 2.14. The van der Waals surface area contributed by atoms with Gasteiger partial charge in [-0.1, -0.05) is 18.2 Å². The van der Waals surface area contributed by atoms with Crippen LogP contribution in [0.15, 0.2) is 36.4 Å². The van der Waals surface area contributed by atoms with Crippen molar-refractivity contribution >= 4 is 11.4 Å². The van der Waals surface area contributed by atoms with E-state index in [1.165, 1.54) is 6.07 Å². The third-order valence-corrected chi connectivity index (χ3v) is 3.37. The fraction of sp³-hybridized carbons (Fsp3) is 0.250. The van der Waals surface area contributed by atoms with Crippen molar-refractivity contribution in [2.75, 3.05) is 12.4 Å². The van der Waals surface area contributed by atoms with Gasteiger partial charge in [-0.15, -0.1) is 0 Å². The second-order valence-corrected chi connectivity index (χ2v) is 4.91. The van der Waals surface area contributed by atoms with Gasteiger partial charge in [0, 0.05) is 24.4 Å². The van der Waals surface area contributed by atoms with E-state index < -0.39 is 0 Å². The van der Waals surface area contributed by atoms with Gasteiger partial charge >= 0.3 is 0 Å². The van der Waals surface area contributed by atoms with E-state index >= 15 is 0 Å². The van der Waals surface area contributed by atoms with Crippen molar-refractivity contribution in [1.29, 1.82) is 0 Å². The minimum absolute atomic E-state index is 0.0917. The smallest absolute Gasteiger partial charge is 0.271 e. The highest BCUT2D eigenvalue weighted by Crippen LogP contribution is 2.23. The lowest BCUT2D eigenvalue weighted by atomic mass is 10.1. The van der Waals surface area contributed by atoms with Gasteiger partial charge in [0.1, 0.15) is 5.75 Å². The van der Waals surface area contributed by atoms with Gasteiger partial charge in [0.05, 0.1) is 12.0 Å². The molecule has 0 unspecified atom stereocenters. The molecule has 0 aliphatic carbocycles. The number of hydrogen-bond donors (Lipinski definition) is 1. The van der Waals surface area contributed by atoms with Crippen LogP contribution in [0.1, 0.15) is 16.7 Å². The van der Waals surface area contributed by atoms with Crippen molar-refractivity contribution in [2.45, 2.75) is 20.4 Å². The minimum Gasteiger partial charge on any atom is -0.496 e. The van der Waals surface area contributed by atoms with E-state index in [-0.39, 0.29) is 10.6 Å². The van der Waals surface area contributed by atoms with E-state index in [0.717, 1.165) is 28.1 Å². The summed E-state index contributed by atoms with van der Waals surface area (Å²) in [4.78, 5) is 10.4. The first-order valence-electron chi connectivity index (χ1n) is 6.63. The van der Waals surface area contributed by atoms with Crippen molar-refractivity contribution in [2.24, 2.45) is 0 Å². The summed E-state index contributed by atoms with van der Waals surface area (Å²) in [6.45, 7) is 4.51. The summed E-state index contributed by atoms with van der Waals surface area (Å²) in [5.74, 6) is 0.852. The lowest BCUT2D eigenvalue weighted by Gasteiger charge is -2.11. The van der Waals surface area contributed by atoms with Crippen LogP contribution in [0.4, 0.5) is 11.4 Å². The monoisotopic (exact) mass is 286 g/mol. The second kappa shape index (κ2) is 6.26. The number of ether oxygens (including phenoxy) is 1. The highest BCUT2D eigenvalue weighted by molar-refractivity contribution is 5.57. The number of rotatable bonds is 5. The molecule has 0 spiro atoms. The zero-order valence-corrected chi connectivity index (χ0v) is 12.3. The molecule has 0 saturated carbocycles. The molecule has 2 aromatic carbocycles. The third kappa shape index (κ3) is 3.51. The Hall–Kier alpha value is -2.56. The minimum atomic E-state index is -0.387. The fourth-order valence-corrected chi connectivity index (χ4v) is 2.16. The summed E-state index contributed by atoms with van der Waals surface area (Å²) >= 11 is 0. The van der Waals surface area contributed by atoms with E-state index in [0.29, 0.717) is 6.54 Å². The van der Waals surface area contributed by atoms with E-state index in [1.807, 2.05) is 32.0 Å².